The molecule has 394 valence electrons. The third-order valence-electron chi connectivity index (χ3n) is 14.8. The predicted octanol–water partition coefficient (Wildman–Crippen LogP) is 19.8. The maximum Gasteiger partial charge on any atom is 0.379 e. The molecule has 72 heavy (non-hydrogen) atoms. The highest BCUT2D eigenvalue weighted by molar-refractivity contribution is 7.54. The normalized spacial score (nSPS) is 13.2. The largest absolute Gasteiger partial charge is 0.424 e. The van der Waals surface area contributed by atoms with Crippen molar-refractivity contribution in [2.45, 2.75) is 206 Å². The molecule has 0 amide bonds. The Morgan fingerprint density at radius 1 is 0.486 bits per heavy atom. The van der Waals surface area contributed by atoms with E-state index >= 15 is 0 Å². The number of nitro groups is 1. The minimum absolute atomic E-state index is 0.0434. The van der Waals surface area contributed by atoms with Gasteiger partial charge in [-0.05, 0) is 92.9 Å². The maximum atomic E-state index is 14.2. The Balaban J connectivity index is 0.868. The molecule has 0 bridgehead atoms. The summed E-state index contributed by atoms with van der Waals surface area (Å²) in [6, 6.07) is 30.8. The Bertz CT molecular complexity index is 2420. The van der Waals surface area contributed by atoms with Crippen molar-refractivity contribution < 1.29 is 28.0 Å². The molecule has 2 atom stereocenters. The lowest BCUT2D eigenvalue weighted by atomic mass is 9.87. The molecule has 0 aliphatic rings. The minimum atomic E-state index is -3.57. The first-order chi connectivity index (χ1) is 35.4. The van der Waals surface area contributed by atoms with Gasteiger partial charge in [0.1, 0.15) is 11.9 Å². The van der Waals surface area contributed by atoms with Crippen LogP contribution in [-0.2, 0) is 25.0 Å². The van der Waals surface area contributed by atoms with Gasteiger partial charge in [-0.3, -0.25) is 14.6 Å². The number of nitro benzene ring substituents is 1. The fraction of sp³-hybridized carbons (Fsp3) is 0.587. The monoisotopic (exact) mass is 1000 g/mol. The van der Waals surface area contributed by atoms with E-state index in [-0.39, 0.29) is 24.6 Å². The van der Waals surface area contributed by atoms with Crippen molar-refractivity contribution in [1.29, 1.82) is 0 Å². The smallest absolute Gasteiger partial charge is 0.379 e. The summed E-state index contributed by atoms with van der Waals surface area (Å²) in [7, 11) is -3.57. The van der Waals surface area contributed by atoms with Gasteiger partial charge in [0.2, 0.25) is 0 Å². The van der Waals surface area contributed by atoms with E-state index in [2.05, 4.69) is 80.6 Å². The second-order valence-corrected chi connectivity index (χ2v) is 22.8. The Hall–Kier alpha value is -4.07. The molecule has 6 rings (SSSR count). The number of ether oxygens (including phenoxy) is 2. The van der Waals surface area contributed by atoms with Crippen molar-refractivity contribution in [1.82, 2.24) is 0 Å². The van der Waals surface area contributed by atoms with E-state index in [1.54, 1.807) is 0 Å². The molecule has 0 aliphatic carbocycles. The van der Waals surface area contributed by atoms with Crippen molar-refractivity contribution in [2.75, 3.05) is 32.6 Å². The lowest BCUT2D eigenvalue weighted by Gasteiger charge is -2.23. The van der Waals surface area contributed by atoms with Crippen molar-refractivity contribution >= 4 is 56.4 Å². The molecule has 0 saturated carbocycles. The van der Waals surface area contributed by atoms with E-state index in [1.165, 1.54) is 201 Å². The number of hydrogen-bond acceptors (Lipinski definition) is 7. The average Bonchev–Trinajstić information content (AvgIpc) is 3.39. The second-order valence-electron chi connectivity index (χ2n) is 20.7. The van der Waals surface area contributed by atoms with Crippen LogP contribution in [0.5, 0.6) is 5.75 Å². The molecule has 2 unspecified atom stereocenters. The highest BCUT2D eigenvalue weighted by Gasteiger charge is 2.28. The predicted molar refractivity (Wildman–Crippen MR) is 305 cm³/mol. The van der Waals surface area contributed by atoms with Gasteiger partial charge in [0.15, 0.2) is 0 Å². The van der Waals surface area contributed by atoms with Crippen LogP contribution in [0.4, 0.5) is 5.69 Å². The van der Waals surface area contributed by atoms with Gasteiger partial charge >= 0.3 is 7.60 Å². The zero-order valence-corrected chi connectivity index (χ0v) is 45.4. The van der Waals surface area contributed by atoms with Crippen molar-refractivity contribution in [3.8, 4) is 5.75 Å². The number of unbranched alkanes of at least 4 members (excludes halogenated alkanes) is 25. The lowest BCUT2D eigenvalue weighted by Crippen LogP contribution is -2.27. The van der Waals surface area contributed by atoms with Crippen LogP contribution >= 0.6 is 7.60 Å². The van der Waals surface area contributed by atoms with E-state index in [1.807, 2.05) is 0 Å². The number of hydrogen-bond donors (Lipinski definition) is 0. The van der Waals surface area contributed by atoms with Gasteiger partial charge in [0.05, 0.1) is 24.3 Å². The van der Waals surface area contributed by atoms with Crippen LogP contribution in [0.25, 0.3) is 43.1 Å². The maximum absolute atomic E-state index is 14.2. The number of non-ortho nitro benzene ring substituents is 1. The summed E-state index contributed by atoms with van der Waals surface area (Å²) < 4.78 is 38.9. The molecule has 0 aliphatic heterocycles. The third kappa shape index (κ3) is 19.0. The molecule has 9 heteroatoms. The summed E-state index contributed by atoms with van der Waals surface area (Å²) in [5.74, 6) is 0.302. The summed E-state index contributed by atoms with van der Waals surface area (Å²) in [5.41, 5.74) is 1.43. The molecule has 0 heterocycles. The third-order valence-corrected chi connectivity index (χ3v) is 16.7. The van der Waals surface area contributed by atoms with E-state index in [0.717, 1.165) is 51.4 Å². The highest BCUT2D eigenvalue weighted by Crippen LogP contribution is 2.50. The van der Waals surface area contributed by atoms with Crippen LogP contribution in [0.3, 0.4) is 0 Å². The fourth-order valence-electron chi connectivity index (χ4n) is 10.6. The van der Waals surface area contributed by atoms with Crippen LogP contribution in [0.1, 0.15) is 199 Å². The highest BCUT2D eigenvalue weighted by atomic mass is 31.2. The van der Waals surface area contributed by atoms with E-state index in [0.29, 0.717) is 32.0 Å². The molecule has 8 nitrogen and oxygen atoms in total. The van der Waals surface area contributed by atoms with Gasteiger partial charge in [-0.15, -0.1) is 0 Å². The zero-order chi connectivity index (χ0) is 50.5. The SMILES string of the molecule is CCCCCCCCCCCCCCCCOCC(COP(=O)(CCCCCC)Oc1ccc([N+](=O)[O-])cc1)OCCCCCCCCCCCCc1ccc2c3cccc4cccc(c5cccc1c52)c43. The van der Waals surface area contributed by atoms with Crippen molar-refractivity contribution in [3.05, 3.63) is 107 Å². The molecule has 0 fully saturated rings. The van der Waals surface area contributed by atoms with Gasteiger partial charge in [-0.1, -0.05) is 235 Å². The lowest BCUT2D eigenvalue weighted by molar-refractivity contribution is -0.384. The number of aryl methyl sites for hydroxylation is 1. The Labute approximate surface area is 433 Å². The van der Waals surface area contributed by atoms with Gasteiger partial charge in [0.25, 0.3) is 5.69 Å². The summed E-state index contributed by atoms with van der Waals surface area (Å²) in [6.07, 6.45) is 35.4. The van der Waals surface area contributed by atoms with Crippen molar-refractivity contribution in [3.63, 3.8) is 0 Å². The van der Waals surface area contributed by atoms with Crippen LogP contribution in [0.15, 0.2) is 91.0 Å². The summed E-state index contributed by atoms with van der Waals surface area (Å²) in [5, 5.41) is 22.2. The molecule has 0 saturated heterocycles. The van der Waals surface area contributed by atoms with Gasteiger partial charge in [-0.25, -0.2) is 4.57 Å². The van der Waals surface area contributed by atoms with Gasteiger partial charge in [0, 0.05) is 25.3 Å². The Morgan fingerprint density at radius 2 is 0.958 bits per heavy atom. The minimum Gasteiger partial charge on any atom is -0.424 e. The molecule has 0 radical (unpaired) electrons. The van der Waals surface area contributed by atoms with Gasteiger partial charge < -0.3 is 14.0 Å². The van der Waals surface area contributed by atoms with Crippen LogP contribution < -0.4 is 4.52 Å². The number of fused-ring (bicyclic) bond motifs is 2. The summed E-state index contributed by atoms with van der Waals surface area (Å²) in [4.78, 5) is 10.8. The number of benzene rings is 6. The summed E-state index contributed by atoms with van der Waals surface area (Å²) in [6.45, 7) is 6.17. The molecule has 6 aromatic rings. The molecule has 0 spiro atoms. The number of rotatable bonds is 42. The quantitative estimate of drug-likeness (QED) is 0.00941. The van der Waals surface area contributed by atoms with E-state index in [4.69, 9.17) is 18.5 Å². The first kappa shape index (κ1) is 57.2. The second kappa shape index (κ2) is 33.0. The Morgan fingerprint density at radius 3 is 1.53 bits per heavy atom. The van der Waals surface area contributed by atoms with Crippen LogP contribution in [0, 0.1) is 10.1 Å². The topological polar surface area (TPSA) is 97.1 Å². The molecule has 0 N–H and O–H groups in total. The average molecular weight is 1000 g/mol. The van der Waals surface area contributed by atoms with Crippen LogP contribution in [-0.4, -0.2) is 43.6 Å². The molecular formula is C63H90NO7P. The van der Waals surface area contributed by atoms with Crippen LogP contribution in [0.2, 0.25) is 0 Å². The Kier molecular flexibility index (Phi) is 26.2. The van der Waals surface area contributed by atoms with Gasteiger partial charge in [-0.2, -0.15) is 0 Å². The molecule has 6 aromatic carbocycles. The first-order valence-corrected chi connectivity index (χ1v) is 30.6. The zero-order valence-electron chi connectivity index (χ0n) is 44.5. The van der Waals surface area contributed by atoms with E-state index < -0.39 is 12.5 Å². The number of nitrogens with zero attached hydrogens (tertiary/aromatic N) is 1. The molecule has 0 aromatic heterocycles. The fourth-order valence-corrected chi connectivity index (χ4v) is 12.3. The summed E-state index contributed by atoms with van der Waals surface area (Å²) >= 11 is 0. The first-order valence-electron chi connectivity index (χ1n) is 28.8. The van der Waals surface area contributed by atoms with E-state index in [9.17, 15) is 14.7 Å². The standard InChI is InChI=1S/C63H90NO7P/c1-3-5-7-9-10-11-12-13-14-16-19-22-25-28-47-68-50-56(51-70-72(67,49-30-8-6-4-2)71-55-44-42-54(43-45-55)64(65)66)69-48-29-26-23-20-17-15-18-21-24-27-34-52-41-46-61-59-39-32-36-53-35-31-38-58(62(53)59)60-40-33-37-57(52)63(60)61/h31-33,35-46,56H,3-30,34,47-51H2,1-2H3. The van der Waals surface area contributed by atoms with Crippen molar-refractivity contribution in [2.24, 2.45) is 0 Å². The molecular weight excluding hydrogens is 914 g/mol.